The van der Waals surface area contributed by atoms with Crippen molar-refractivity contribution < 1.29 is 36.0 Å². The molecule has 0 atom stereocenters. The van der Waals surface area contributed by atoms with Crippen LogP contribution in [-0.4, -0.2) is 21.5 Å². The maximum atomic E-state index is 13.4. The summed E-state index contributed by atoms with van der Waals surface area (Å²) in [6, 6.07) is 0.172. The minimum atomic E-state index is -5.07. The zero-order valence-corrected chi connectivity index (χ0v) is 14.3. The third kappa shape index (κ3) is 3.99. The molecule has 0 bridgehead atoms. The van der Waals surface area contributed by atoms with Crippen molar-refractivity contribution in [3.8, 4) is 5.75 Å². The van der Waals surface area contributed by atoms with Crippen LogP contribution in [0.3, 0.4) is 0 Å². The van der Waals surface area contributed by atoms with Gasteiger partial charge in [-0.2, -0.15) is 26.3 Å². The number of nitro groups is 1. The highest BCUT2D eigenvalue weighted by Crippen LogP contribution is 2.45. The first-order chi connectivity index (χ1) is 13.0. The van der Waals surface area contributed by atoms with E-state index in [9.17, 15) is 36.5 Å². The quantitative estimate of drug-likeness (QED) is 0.402. The van der Waals surface area contributed by atoms with Gasteiger partial charge in [-0.3, -0.25) is 10.1 Å². The van der Waals surface area contributed by atoms with Gasteiger partial charge in [0, 0.05) is 6.07 Å². The van der Waals surface area contributed by atoms with Gasteiger partial charge in [0.25, 0.3) is 5.69 Å². The van der Waals surface area contributed by atoms with Crippen LogP contribution in [0.4, 0.5) is 32.0 Å². The van der Waals surface area contributed by atoms with Crippen molar-refractivity contribution in [2.75, 3.05) is 6.61 Å². The first-order valence-electron chi connectivity index (χ1n) is 8.46. The van der Waals surface area contributed by atoms with E-state index in [1.54, 1.807) is 4.98 Å². The first-order valence-corrected chi connectivity index (χ1v) is 8.46. The molecule has 0 saturated heterocycles. The standard InChI is InChI=1S/C16H15F6N3O3/c17-15(18,19)9-7-10(25(26)27)11-12(24-14(23-11)16(20,21)22)13(9)28-6-5-8-3-1-2-4-8/h7-8H,1-6H2,(H,23,24). The molecule has 1 saturated carbocycles. The average Bonchev–Trinajstić information content (AvgIpc) is 3.22. The number of nitrogens with zero attached hydrogens (tertiary/aromatic N) is 2. The molecule has 1 aliphatic carbocycles. The molecule has 2 aromatic rings. The van der Waals surface area contributed by atoms with Crippen molar-refractivity contribution in [1.29, 1.82) is 0 Å². The molecule has 154 valence electrons. The predicted octanol–water partition coefficient (Wildman–Crippen LogP) is 5.47. The van der Waals surface area contributed by atoms with E-state index in [1.165, 1.54) is 0 Å². The Balaban J connectivity index is 2.10. The van der Waals surface area contributed by atoms with Gasteiger partial charge in [-0.25, -0.2) is 4.98 Å². The SMILES string of the molecule is O=[N+]([O-])c1cc(C(F)(F)F)c(OCCC2CCCC2)c2nc(C(F)(F)F)[nH]c12. The highest BCUT2D eigenvalue weighted by atomic mass is 19.4. The Labute approximate surface area is 154 Å². The molecule has 0 aliphatic heterocycles. The number of halogens is 6. The Morgan fingerprint density at radius 2 is 1.82 bits per heavy atom. The molecule has 0 amide bonds. The molecule has 28 heavy (non-hydrogen) atoms. The van der Waals surface area contributed by atoms with Crippen LogP contribution in [0.5, 0.6) is 5.75 Å². The maximum Gasteiger partial charge on any atom is 0.449 e. The molecule has 1 N–H and O–H groups in total. The molecule has 1 heterocycles. The lowest BCUT2D eigenvalue weighted by atomic mass is 10.1. The number of hydrogen-bond acceptors (Lipinski definition) is 4. The van der Waals surface area contributed by atoms with Gasteiger partial charge in [-0.1, -0.05) is 25.7 Å². The third-order valence-corrected chi connectivity index (χ3v) is 4.72. The van der Waals surface area contributed by atoms with E-state index in [0.29, 0.717) is 6.42 Å². The topological polar surface area (TPSA) is 81.1 Å². The van der Waals surface area contributed by atoms with E-state index in [4.69, 9.17) is 4.74 Å². The number of alkyl halides is 6. The van der Waals surface area contributed by atoms with Crippen molar-refractivity contribution in [2.24, 2.45) is 5.92 Å². The molecule has 12 heteroatoms. The summed E-state index contributed by atoms with van der Waals surface area (Å²) in [6.45, 7) is -0.158. The van der Waals surface area contributed by atoms with Crippen molar-refractivity contribution >= 4 is 16.7 Å². The van der Waals surface area contributed by atoms with Crippen molar-refractivity contribution in [1.82, 2.24) is 9.97 Å². The highest BCUT2D eigenvalue weighted by molar-refractivity contribution is 5.91. The Bertz CT molecular complexity index is 884. The van der Waals surface area contributed by atoms with Crippen LogP contribution in [0.15, 0.2) is 6.07 Å². The molecule has 0 spiro atoms. The van der Waals surface area contributed by atoms with Gasteiger partial charge in [-0.15, -0.1) is 0 Å². The summed E-state index contributed by atoms with van der Waals surface area (Å²) in [7, 11) is 0. The second kappa shape index (κ2) is 7.13. The van der Waals surface area contributed by atoms with Crippen molar-refractivity contribution in [2.45, 2.75) is 44.5 Å². The number of imidazole rings is 1. The Kier molecular flexibility index (Phi) is 5.15. The van der Waals surface area contributed by atoms with Crippen LogP contribution in [0.1, 0.15) is 43.5 Å². The Morgan fingerprint density at radius 1 is 1.18 bits per heavy atom. The number of fused-ring (bicyclic) bond motifs is 1. The molecule has 1 aliphatic rings. The molecule has 3 rings (SSSR count). The second-order valence-corrected chi connectivity index (χ2v) is 6.62. The van der Waals surface area contributed by atoms with Gasteiger partial charge >= 0.3 is 12.4 Å². The number of hydrogen-bond donors (Lipinski definition) is 1. The summed E-state index contributed by atoms with van der Waals surface area (Å²) in [4.78, 5) is 14.8. The predicted molar refractivity (Wildman–Crippen MR) is 84.8 cm³/mol. The molecule has 6 nitrogen and oxygen atoms in total. The normalized spacial score (nSPS) is 16.1. The summed E-state index contributed by atoms with van der Waals surface area (Å²) >= 11 is 0. The summed E-state index contributed by atoms with van der Waals surface area (Å²) < 4.78 is 84.3. The molecule has 0 unspecified atom stereocenters. The fourth-order valence-electron chi connectivity index (χ4n) is 3.39. The fraction of sp³-hybridized carbons (Fsp3) is 0.562. The first kappa shape index (κ1) is 20.2. The fourth-order valence-corrected chi connectivity index (χ4v) is 3.39. The van der Waals surface area contributed by atoms with E-state index in [0.717, 1.165) is 25.7 Å². The Morgan fingerprint density at radius 3 is 2.36 bits per heavy atom. The van der Waals surface area contributed by atoms with Crippen LogP contribution in [-0.2, 0) is 12.4 Å². The van der Waals surface area contributed by atoms with Gasteiger partial charge in [0.05, 0.1) is 11.5 Å². The van der Waals surface area contributed by atoms with Crippen molar-refractivity contribution in [3.05, 3.63) is 27.6 Å². The summed E-state index contributed by atoms with van der Waals surface area (Å²) in [5.74, 6) is -2.30. The van der Waals surface area contributed by atoms with Crippen LogP contribution >= 0.6 is 0 Å². The zero-order valence-electron chi connectivity index (χ0n) is 14.3. The van der Waals surface area contributed by atoms with E-state index in [-0.39, 0.29) is 18.6 Å². The Hall–Kier alpha value is -2.53. The van der Waals surface area contributed by atoms with E-state index < -0.39 is 51.1 Å². The monoisotopic (exact) mass is 411 g/mol. The zero-order chi connectivity index (χ0) is 20.7. The molecular formula is C16H15F6N3O3. The van der Waals surface area contributed by atoms with E-state index in [2.05, 4.69) is 4.98 Å². The van der Waals surface area contributed by atoms with Gasteiger partial charge in [-0.05, 0) is 12.3 Å². The number of aromatic nitrogens is 2. The number of rotatable bonds is 5. The number of H-pyrrole nitrogens is 1. The minimum absolute atomic E-state index is 0.158. The average molecular weight is 411 g/mol. The molecule has 1 aromatic heterocycles. The maximum absolute atomic E-state index is 13.4. The van der Waals surface area contributed by atoms with E-state index >= 15 is 0 Å². The summed E-state index contributed by atoms with van der Waals surface area (Å²) in [6.07, 6.45) is -5.82. The molecule has 0 radical (unpaired) electrons. The lowest BCUT2D eigenvalue weighted by Gasteiger charge is -2.16. The highest BCUT2D eigenvalue weighted by Gasteiger charge is 2.42. The summed E-state index contributed by atoms with van der Waals surface area (Å²) in [5, 5.41) is 11.1. The van der Waals surface area contributed by atoms with Crippen LogP contribution in [0.2, 0.25) is 0 Å². The lowest BCUT2D eigenvalue weighted by molar-refractivity contribution is -0.383. The molecule has 1 aromatic carbocycles. The van der Waals surface area contributed by atoms with E-state index in [1.807, 2.05) is 0 Å². The number of benzene rings is 1. The molecular weight excluding hydrogens is 396 g/mol. The van der Waals surface area contributed by atoms with Gasteiger partial charge in [0.1, 0.15) is 16.6 Å². The third-order valence-electron chi connectivity index (χ3n) is 4.72. The number of nitro benzene ring substituents is 1. The van der Waals surface area contributed by atoms with Crippen LogP contribution in [0.25, 0.3) is 11.0 Å². The van der Waals surface area contributed by atoms with Gasteiger partial charge in [0.15, 0.2) is 5.75 Å². The minimum Gasteiger partial charge on any atom is -0.491 e. The van der Waals surface area contributed by atoms with Gasteiger partial charge < -0.3 is 9.72 Å². The number of nitrogens with one attached hydrogen (secondary N) is 1. The second-order valence-electron chi connectivity index (χ2n) is 6.62. The number of aromatic amines is 1. The largest absolute Gasteiger partial charge is 0.491 e. The van der Waals surface area contributed by atoms with Crippen LogP contribution in [0, 0.1) is 16.0 Å². The lowest BCUT2D eigenvalue weighted by Crippen LogP contribution is -2.12. The summed E-state index contributed by atoms with van der Waals surface area (Å²) in [5.41, 5.74) is -4.31. The van der Waals surface area contributed by atoms with Crippen molar-refractivity contribution in [3.63, 3.8) is 0 Å². The van der Waals surface area contributed by atoms with Crippen LogP contribution < -0.4 is 4.74 Å². The smallest absolute Gasteiger partial charge is 0.449 e. The number of ether oxygens (including phenoxy) is 1. The number of non-ortho nitro benzene ring substituents is 1. The van der Waals surface area contributed by atoms with Gasteiger partial charge in [0.2, 0.25) is 5.82 Å². The molecule has 1 fully saturated rings.